The Morgan fingerprint density at radius 2 is 1.87 bits per heavy atom. The lowest BCUT2D eigenvalue weighted by molar-refractivity contribution is 0.102. The lowest BCUT2D eigenvalue weighted by atomic mass is 10.1. The third kappa shape index (κ3) is 2.16. The summed E-state index contributed by atoms with van der Waals surface area (Å²) < 4.78 is 0. The van der Waals surface area contributed by atoms with Crippen molar-refractivity contribution in [1.82, 2.24) is 15.0 Å². The van der Waals surface area contributed by atoms with Gasteiger partial charge in [0.05, 0.1) is 0 Å². The molecule has 2 aromatic rings. The van der Waals surface area contributed by atoms with Gasteiger partial charge in [0.15, 0.2) is 0 Å². The lowest BCUT2D eigenvalue weighted by Crippen LogP contribution is -2.07. The fourth-order valence-electron chi connectivity index (χ4n) is 1.10. The molecule has 74 valence electrons. The summed E-state index contributed by atoms with van der Waals surface area (Å²) in [6, 6.07) is 8.77. The number of aromatic nitrogens is 3. The lowest BCUT2D eigenvalue weighted by Gasteiger charge is -1.98. The average Bonchev–Trinajstić information content (AvgIpc) is 2.29. The zero-order chi connectivity index (χ0) is 10.7. The zero-order valence-corrected chi connectivity index (χ0v) is 8.35. The van der Waals surface area contributed by atoms with Crippen LogP contribution in [0.15, 0.2) is 36.7 Å². The van der Waals surface area contributed by atoms with E-state index in [1.807, 2.05) is 6.07 Å². The minimum absolute atomic E-state index is 0.0179. The second-order valence-corrected chi connectivity index (χ2v) is 3.11. The van der Waals surface area contributed by atoms with E-state index < -0.39 is 0 Å². The Kier molecular flexibility index (Phi) is 2.69. The number of carbonyl (C=O) groups excluding carboxylic acids is 1. The Morgan fingerprint density at radius 1 is 1.13 bits per heavy atom. The highest BCUT2D eigenvalue weighted by molar-refractivity contribution is 6.28. The summed E-state index contributed by atoms with van der Waals surface area (Å²) in [7, 11) is 0. The number of hydrogen-bond acceptors (Lipinski definition) is 4. The minimum Gasteiger partial charge on any atom is -0.285 e. The molecule has 0 aliphatic carbocycles. The van der Waals surface area contributed by atoms with Crippen molar-refractivity contribution in [3.63, 3.8) is 0 Å². The third-order valence-corrected chi connectivity index (χ3v) is 1.96. The van der Waals surface area contributed by atoms with E-state index in [-0.39, 0.29) is 16.9 Å². The van der Waals surface area contributed by atoms with Gasteiger partial charge in [0.2, 0.25) is 16.9 Å². The molecular weight excluding hydrogens is 214 g/mol. The number of halogens is 1. The van der Waals surface area contributed by atoms with Gasteiger partial charge in [0.1, 0.15) is 6.33 Å². The molecule has 4 nitrogen and oxygen atoms in total. The molecule has 0 aliphatic rings. The van der Waals surface area contributed by atoms with Crippen LogP contribution in [-0.4, -0.2) is 20.7 Å². The highest BCUT2D eigenvalue weighted by atomic mass is 35.5. The van der Waals surface area contributed by atoms with Crippen LogP contribution in [0.4, 0.5) is 0 Å². The van der Waals surface area contributed by atoms with Crippen molar-refractivity contribution in [2.45, 2.75) is 0 Å². The summed E-state index contributed by atoms with van der Waals surface area (Å²) in [5, 5.41) is 0.0179. The van der Waals surface area contributed by atoms with Gasteiger partial charge in [0, 0.05) is 5.56 Å². The molecule has 0 saturated carbocycles. The van der Waals surface area contributed by atoms with E-state index in [0.29, 0.717) is 5.56 Å². The zero-order valence-electron chi connectivity index (χ0n) is 7.59. The molecule has 0 aliphatic heterocycles. The van der Waals surface area contributed by atoms with Crippen molar-refractivity contribution in [3.8, 4) is 0 Å². The van der Waals surface area contributed by atoms with Gasteiger partial charge >= 0.3 is 0 Å². The van der Waals surface area contributed by atoms with Gasteiger partial charge in [0.25, 0.3) is 0 Å². The molecule has 0 unspecified atom stereocenters. The van der Waals surface area contributed by atoms with Crippen LogP contribution in [0, 0.1) is 0 Å². The van der Waals surface area contributed by atoms with E-state index in [1.165, 1.54) is 6.33 Å². The first kappa shape index (κ1) is 9.73. The molecule has 0 saturated heterocycles. The van der Waals surface area contributed by atoms with Crippen LogP contribution in [0.25, 0.3) is 0 Å². The van der Waals surface area contributed by atoms with Gasteiger partial charge in [-0.1, -0.05) is 30.3 Å². The summed E-state index contributed by atoms with van der Waals surface area (Å²) in [6.45, 7) is 0. The van der Waals surface area contributed by atoms with Crippen LogP contribution in [0.5, 0.6) is 0 Å². The number of hydrogen-bond donors (Lipinski definition) is 0. The van der Waals surface area contributed by atoms with Crippen LogP contribution in [0.3, 0.4) is 0 Å². The van der Waals surface area contributed by atoms with Crippen LogP contribution >= 0.6 is 11.6 Å². The molecule has 0 bridgehead atoms. The Balaban J connectivity index is 2.37. The smallest absolute Gasteiger partial charge is 0.230 e. The molecule has 1 aromatic heterocycles. The normalized spacial score (nSPS) is 9.93. The van der Waals surface area contributed by atoms with Gasteiger partial charge in [-0.25, -0.2) is 9.97 Å². The number of ketones is 1. The van der Waals surface area contributed by atoms with Crippen LogP contribution in [-0.2, 0) is 0 Å². The Hall–Kier alpha value is -1.81. The maximum atomic E-state index is 11.8. The van der Waals surface area contributed by atoms with E-state index in [0.717, 1.165) is 0 Å². The summed E-state index contributed by atoms with van der Waals surface area (Å²) in [6.07, 6.45) is 1.21. The van der Waals surface area contributed by atoms with Crippen molar-refractivity contribution in [2.24, 2.45) is 0 Å². The number of nitrogens with zero attached hydrogens (tertiary/aromatic N) is 3. The van der Waals surface area contributed by atoms with Gasteiger partial charge in [-0.15, -0.1) is 0 Å². The van der Waals surface area contributed by atoms with E-state index in [2.05, 4.69) is 15.0 Å². The first-order chi connectivity index (χ1) is 7.27. The topological polar surface area (TPSA) is 55.7 Å². The standard InChI is InChI=1S/C10H6ClN3O/c11-10-13-6-12-9(14-10)8(15)7-4-2-1-3-5-7/h1-6H. The van der Waals surface area contributed by atoms with Crippen molar-refractivity contribution in [3.05, 3.63) is 53.3 Å². The second-order valence-electron chi connectivity index (χ2n) is 2.77. The molecule has 0 radical (unpaired) electrons. The first-order valence-electron chi connectivity index (χ1n) is 4.21. The maximum Gasteiger partial charge on any atom is 0.230 e. The Bertz CT molecular complexity index is 487. The van der Waals surface area contributed by atoms with Crippen molar-refractivity contribution >= 4 is 17.4 Å². The van der Waals surface area contributed by atoms with Crippen LogP contribution < -0.4 is 0 Å². The quantitative estimate of drug-likeness (QED) is 0.723. The van der Waals surface area contributed by atoms with Crippen LogP contribution in [0.2, 0.25) is 5.28 Å². The molecule has 0 N–H and O–H groups in total. The fourth-order valence-corrected chi connectivity index (χ4v) is 1.23. The van der Waals surface area contributed by atoms with Gasteiger partial charge in [-0.05, 0) is 11.6 Å². The third-order valence-electron chi connectivity index (χ3n) is 1.78. The first-order valence-corrected chi connectivity index (χ1v) is 4.59. The summed E-state index contributed by atoms with van der Waals surface area (Å²) in [5.41, 5.74) is 0.528. The summed E-state index contributed by atoms with van der Waals surface area (Å²) in [4.78, 5) is 22.9. The van der Waals surface area contributed by atoms with Crippen molar-refractivity contribution in [2.75, 3.05) is 0 Å². The predicted octanol–water partition coefficient (Wildman–Crippen LogP) is 1.76. The maximum absolute atomic E-state index is 11.8. The highest BCUT2D eigenvalue weighted by Gasteiger charge is 2.11. The summed E-state index contributed by atoms with van der Waals surface area (Å²) in [5.74, 6) is -0.207. The predicted molar refractivity (Wildman–Crippen MR) is 54.7 cm³/mol. The molecule has 0 spiro atoms. The minimum atomic E-state index is -0.264. The van der Waals surface area contributed by atoms with Gasteiger partial charge in [-0.3, -0.25) is 4.79 Å². The molecule has 15 heavy (non-hydrogen) atoms. The number of carbonyl (C=O) groups is 1. The molecule has 2 rings (SSSR count). The molecule has 5 heteroatoms. The van der Waals surface area contributed by atoms with Gasteiger partial charge < -0.3 is 0 Å². The molecule has 0 amide bonds. The van der Waals surface area contributed by atoms with E-state index in [1.54, 1.807) is 24.3 Å². The second kappa shape index (κ2) is 4.14. The van der Waals surface area contributed by atoms with E-state index in [9.17, 15) is 4.79 Å². The van der Waals surface area contributed by atoms with Crippen molar-refractivity contribution in [1.29, 1.82) is 0 Å². The Morgan fingerprint density at radius 3 is 2.53 bits per heavy atom. The van der Waals surface area contributed by atoms with E-state index in [4.69, 9.17) is 11.6 Å². The fraction of sp³-hybridized carbons (Fsp3) is 0. The SMILES string of the molecule is O=C(c1ccccc1)c1ncnc(Cl)n1. The molecular formula is C10H6ClN3O. The molecule has 1 heterocycles. The largest absolute Gasteiger partial charge is 0.285 e. The van der Waals surface area contributed by atoms with E-state index >= 15 is 0 Å². The summed E-state index contributed by atoms with van der Waals surface area (Å²) >= 11 is 5.56. The number of rotatable bonds is 2. The Labute approximate surface area is 91.0 Å². The molecule has 0 fully saturated rings. The monoisotopic (exact) mass is 219 g/mol. The van der Waals surface area contributed by atoms with Crippen LogP contribution in [0.1, 0.15) is 16.2 Å². The van der Waals surface area contributed by atoms with Crippen molar-refractivity contribution < 1.29 is 4.79 Å². The average molecular weight is 220 g/mol. The number of benzene rings is 1. The molecule has 0 atom stereocenters. The molecule has 1 aromatic carbocycles. The van der Waals surface area contributed by atoms with Gasteiger partial charge in [-0.2, -0.15) is 4.98 Å². The highest BCUT2D eigenvalue weighted by Crippen LogP contribution is 2.06.